The maximum absolute atomic E-state index is 6.02. The number of nitrogens with zero attached hydrogens (tertiary/aromatic N) is 2. The summed E-state index contributed by atoms with van der Waals surface area (Å²) < 4.78 is 5.60. The Morgan fingerprint density at radius 1 is 1.39 bits per heavy atom. The van der Waals surface area contributed by atoms with E-state index in [0.29, 0.717) is 6.04 Å². The van der Waals surface area contributed by atoms with Crippen molar-refractivity contribution < 1.29 is 4.74 Å². The van der Waals surface area contributed by atoms with E-state index in [1.807, 2.05) is 0 Å². The SMILES string of the molecule is CCC1CN(C)CCCN1CC1(CN)CCOC1. The van der Waals surface area contributed by atoms with Crippen LogP contribution in [-0.2, 0) is 4.74 Å². The number of rotatable bonds is 4. The van der Waals surface area contributed by atoms with Crippen molar-refractivity contribution in [2.24, 2.45) is 11.1 Å². The molecule has 106 valence electrons. The molecule has 2 aliphatic rings. The van der Waals surface area contributed by atoms with E-state index < -0.39 is 0 Å². The molecule has 2 rings (SSSR count). The van der Waals surface area contributed by atoms with Crippen LogP contribution < -0.4 is 5.73 Å². The fourth-order valence-electron chi connectivity index (χ4n) is 3.32. The molecule has 0 saturated carbocycles. The van der Waals surface area contributed by atoms with Gasteiger partial charge in [-0.3, -0.25) is 4.90 Å². The first kappa shape index (κ1) is 14.3. The number of ether oxygens (including phenoxy) is 1. The Kier molecular flexibility index (Phi) is 5.01. The molecule has 0 aromatic heterocycles. The molecule has 2 atom stereocenters. The van der Waals surface area contributed by atoms with Gasteiger partial charge in [0.2, 0.25) is 0 Å². The van der Waals surface area contributed by atoms with E-state index >= 15 is 0 Å². The molecule has 2 unspecified atom stereocenters. The normalized spacial score (nSPS) is 35.8. The predicted molar refractivity (Wildman–Crippen MR) is 74.7 cm³/mol. The van der Waals surface area contributed by atoms with Gasteiger partial charge in [0.1, 0.15) is 0 Å². The summed E-state index contributed by atoms with van der Waals surface area (Å²) >= 11 is 0. The number of hydrogen-bond acceptors (Lipinski definition) is 4. The van der Waals surface area contributed by atoms with E-state index in [2.05, 4.69) is 23.8 Å². The van der Waals surface area contributed by atoms with Crippen LogP contribution in [0, 0.1) is 5.41 Å². The Bertz CT molecular complexity index is 253. The van der Waals surface area contributed by atoms with E-state index in [9.17, 15) is 0 Å². The molecule has 0 spiro atoms. The van der Waals surface area contributed by atoms with Crippen LogP contribution in [0.2, 0.25) is 0 Å². The minimum Gasteiger partial charge on any atom is -0.381 e. The lowest BCUT2D eigenvalue weighted by Crippen LogP contribution is -2.48. The van der Waals surface area contributed by atoms with Gasteiger partial charge < -0.3 is 15.4 Å². The molecule has 4 nitrogen and oxygen atoms in total. The van der Waals surface area contributed by atoms with E-state index in [4.69, 9.17) is 10.5 Å². The molecule has 18 heavy (non-hydrogen) atoms. The highest BCUT2D eigenvalue weighted by Gasteiger charge is 2.37. The molecule has 2 saturated heterocycles. The highest BCUT2D eigenvalue weighted by molar-refractivity contribution is 4.90. The second-order valence-corrected chi connectivity index (χ2v) is 6.16. The van der Waals surface area contributed by atoms with Crippen LogP contribution in [0.15, 0.2) is 0 Å². The van der Waals surface area contributed by atoms with Gasteiger partial charge >= 0.3 is 0 Å². The van der Waals surface area contributed by atoms with Gasteiger partial charge in [-0.15, -0.1) is 0 Å². The van der Waals surface area contributed by atoms with Crippen molar-refractivity contribution in [3.05, 3.63) is 0 Å². The second-order valence-electron chi connectivity index (χ2n) is 6.16. The van der Waals surface area contributed by atoms with Crippen molar-refractivity contribution in [3.8, 4) is 0 Å². The molecule has 2 heterocycles. The fraction of sp³-hybridized carbons (Fsp3) is 1.00. The second kappa shape index (κ2) is 6.33. The molecule has 2 aliphatic heterocycles. The first-order chi connectivity index (χ1) is 8.69. The first-order valence-corrected chi connectivity index (χ1v) is 7.39. The van der Waals surface area contributed by atoms with Crippen LogP contribution in [0.5, 0.6) is 0 Å². The Morgan fingerprint density at radius 2 is 2.22 bits per heavy atom. The average Bonchev–Trinajstić information content (AvgIpc) is 2.76. The number of likely N-dealkylation sites (N-methyl/N-ethyl adjacent to an activating group) is 1. The Labute approximate surface area is 111 Å². The molecule has 0 amide bonds. The average molecular weight is 255 g/mol. The van der Waals surface area contributed by atoms with Gasteiger partial charge in [-0.2, -0.15) is 0 Å². The summed E-state index contributed by atoms with van der Waals surface area (Å²) in [5.74, 6) is 0. The van der Waals surface area contributed by atoms with Gasteiger partial charge in [0.05, 0.1) is 6.61 Å². The lowest BCUT2D eigenvalue weighted by molar-refractivity contribution is 0.0887. The van der Waals surface area contributed by atoms with Crippen molar-refractivity contribution in [1.29, 1.82) is 0 Å². The molecule has 4 heteroatoms. The zero-order valence-electron chi connectivity index (χ0n) is 12.0. The van der Waals surface area contributed by atoms with Gasteiger partial charge in [-0.1, -0.05) is 6.92 Å². The summed E-state index contributed by atoms with van der Waals surface area (Å²) in [5, 5.41) is 0. The molecule has 0 aliphatic carbocycles. The van der Waals surface area contributed by atoms with Crippen molar-refractivity contribution in [2.45, 2.75) is 32.2 Å². The molecule has 0 radical (unpaired) electrons. The van der Waals surface area contributed by atoms with E-state index in [-0.39, 0.29) is 5.41 Å². The van der Waals surface area contributed by atoms with Gasteiger partial charge in [0.25, 0.3) is 0 Å². The summed E-state index contributed by atoms with van der Waals surface area (Å²) in [7, 11) is 2.24. The highest BCUT2D eigenvalue weighted by atomic mass is 16.5. The van der Waals surface area contributed by atoms with Crippen LogP contribution in [0.3, 0.4) is 0 Å². The third-order valence-electron chi connectivity index (χ3n) is 4.65. The van der Waals surface area contributed by atoms with Crippen molar-refractivity contribution in [2.75, 3.05) is 53.0 Å². The lowest BCUT2D eigenvalue weighted by atomic mass is 9.86. The molecule has 0 aromatic rings. The third kappa shape index (κ3) is 3.23. The zero-order chi connectivity index (χ0) is 13.0. The Balaban J connectivity index is 2.00. The smallest absolute Gasteiger partial charge is 0.0547 e. The van der Waals surface area contributed by atoms with E-state index in [1.165, 1.54) is 32.5 Å². The van der Waals surface area contributed by atoms with Crippen molar-refractivity contribution >= 4 is 0 Å². The molecule has 2 N–H and O–H groups in total. The van der Waals surface area contributed by atoms with Gasteiger partial charge in [0.15, 0.2) is 0 Å². The fourth-order valence-corrected chi connectivity index (χ4v) is 3.32. The molecule has 2 fully saturated rings. The summed E-state index contributed by atoms with van der Waals surface area (Å²) in [4.78, 5) is 5.14. The summed E-state index contributed by atoms with van der Waals surface area (Å²) in [6.45, 7) is 9.55. The quantitative estimate of drug-likeness (QED) is 0.805. The summed E-state index contributed by atoms with van der Waals surface area (Å²) in [6.07, 6.45) is 3.63. The number of hydrogen-bond donors (Lipinski definition) is 1. The van der Waals surface area contributed by atoms with E-state index in [0.717, 1.165) is 32.7 Å². The van der Waals surface area contributed by atoms with E-state index in [1.54, 1.807) is 0 Å². The standard InChI is InChI=1S/C14H29N3O/c1-3-13-9-16(2)6-4-7-17(13)11-14(10-15)5-8-18-12-14/h13H,3-12,15H2,1-2H3. The van der Waals surface area contributed by atoms with Gasteiger partial charge in [-0.05, 0) is 39.4 Å². The van der Waals surface area contributed by atoms with Crippen LogP contribution in [-0.4, -0.2) is 68.8 Å². The monoisotopic (exact) mass is 255 g/mol. The third-order valence-corrected chi connectivity index (χ3v) is 4.65. The molecular weight excluding hydrogens is 226 g/mol. The maximum atomic E-state index is 6.02. The summed E-state index contributed by atoms with van der Waals surface area (Å²) in [5.41, 5.74) is 6.24. The number of nitrogens with two attached hydrogens (primary N) is 1. The lowest BCUT2D eigenvalue weighted by Gasteiger charge is -2.37. The van der Waals surface area contributed by atoms with Gasteiger partial charge in [0, 0.05) is 37.7 Å². The topological polar surface area (TPSA) is 41.7 Å². The van der Waals surface area contributed by atoms with Crippen molar-refractivity contribution in [1.82, 2.24) is 9.80 Å². The van der Waals surface area contributed by atoms with Crippen LogP contribution >= 0.6 is 0 Å². The summed E-state index contributed by atoms with van der Waals surface area (Å²) in [6, 6.07) is 0.682. The van der Waals surface area contributed by atoms with Crippen LogP contribution in [0.1, 0.15) is 26.2 Å². The van der Waals surface area contributed by atoms with Gasteiger partial charge in [-0.25, -0.2) is 0 Å². The first-order valence-electron chi connectivity index (χ1n) is 7.39. The van der Waals surface area contributed by atoms with Crippen LogP contribution in [0.25, 0.3) is 0 Å². The zero-order valence-corrected chi connectivity index (χ0v) is 12.0. The predicted octanol–water partition coefficient (Wildman–Crippen LogP) is 0.768. The minimum absolute atomic E-state index is 0.219. The highest BCUT2D eigenvalue weighted by Crippen LogP contribution is 2.30. The maximum Gasteiger partial charge on any atom is 0.0547 e. The molecule has 0 bridgehead atoms. The minimum atomic E-state index is 0.219. The molecule has 0 aromatic carbocycles. The molecular formula is C14H29N3O. The Morgan fingerprint density at radius 3 is 2.83 bits per heavy atom. The largest absolute Gasteiger partial charge is 0.381 e. The van der Waals surface area contributed by atoms with Crippen LogP contribution in [0.4, 0.5) is 0 Å². The van der Waals surface area contributed by atoms with Crippen molar-refractivity contribution in [3.63, 3.8) is 0 Å². The Hall–Kier alpha value is -0.160.